The summed E-state index contributed by atoms with van der Waals surface area (Å²) in [7, 11) is 0. The number of para-hydroxylation sites is 3. The largest absolute Gasteiger partial charge is 0.492 e. The van der Waals surface area contributed by atoms with Crippen molar-refractivity contribution in [1.29, 1.82) is 0 Å². The molecule has 1 heterocycles. The number of rotatable bonds is 11. The molecule has 3 aromatic rings. The number of benzene rings is 2. The highest BCUT2D eigenvalue weighted by atomic mass is 32.2. The fourth-order valence-corrected chi connectivity index (χ4v) is 4.21. The fourth-order valence-electron chi connectivity index (χ4n) is 3.27. The lowest BCUT2D eigenvalue weighted by Crippen LogP contribution is -2.27. The minimum absolute atomic E-state index is 0.109. The number of hydrogen-bond donors (Lipinski definition) is 1. The molecule has 0 spiro atoms. The zero-order chi connectivity index (χ0) is 23.8. The predicted octanol–water partition coefficient (Wildman–Crippen LogP) is 4.73. The molecule has 0 aliphatic heterocycles. The monoisotopic (exact) mass is 469 g/mol. The zero-order valence-corrected chi connectivity index (χ0v) is 20.4. The second-order valence-corrected chi connectivity index (χ2v) is 9.13. The quantitative estimate of drug-likeness (QED) is 0.248. The van der Waals surface area contributed by atoms with Crippen LogP contribution in [0, 0.1) is 0 Å². The molecule has 0 aliphatic carbocycles. The maximum Gasteiger partial charge on any atom is 0.262 e. The summed E-state index contributed by atoms with van der Waals surface area (Å²) in [5.74, 6) is 0.431. The van der Waals surface area contributed by atoms with Gasteiger partial charge in [-0.3, -0.25) is 14.2 Å². The molecule has 1 N–H and O–H groups in total. The van der Waals surface area contributed by atoms with Gasteiger partial charge in [0.05, 0.1) is 34.6 Å². The average molecular weight is 470 g/mol. The van der Waals surface area contributed by atoms with Crippen molar-refractivity contribution in [1.82, 2.24) is 9.55 Å². The number of aromatic nitrogens is 2. The minimum Gasteiger partial charge on any atom is -0.492 e. The number of thioether (sulfide) groups is 1. The number of hydrogen-bond acceptors (Lipinski definition) is 6. The molecule has 0 radical (unpaired) electrons. The number of nitrogens with one attached hydrogen (secondary N) is 1. The van der Waals surface area contributed by atoms with Crippen molar-refractivity contribution >= 4 is 34.3 Å². The Balaban J connectivity index is 1.82. The topological polar surface area (TPSA) is 82.5 Å². The van der Waals surface area contributed by atoms with Crippen molar-refractivity contribution in [3.63, 3.8) is 0 Å². The van der Waals surface area contributed by atoms with Crippen molar-refractivity contribution in [3.8, 4) is 5.75 Å². The summed E-state index contributed by atoms with van der Waals surface area (Å²) in [6, 6.07) is 14.6. The van der Waals surface area contributed by atoms with E-state index in [2.05, 4.69) is 5.32 Å². The smallest absolute Gasteiger partial charge is 0.262 e. The Labute approximate surface area is 198 Å². The van der Waals surface area contributed by atoms with E-state index in [4.69, 9.17) is 14.5 Å². The summed E-state index contributed by atoms with van der Waals surface area (Å²) in [5.41, 5.74) is 1.13. The SMILES string of the molecule is CCOc1ccccc1NC(=O)C(C)Sc1nc2ccccc2c(=O)n1CCCOC(C)C. The van der Waals surface area contributed by atoms with E-state index in [1.165, 1.54) is 11.8 Å². The number of ether oxygens (including phenoxy) is 2. The molecule has 3 rings (SSSR count). The third-order valence-corrected chi connectivity index (χ3v) is 5.99. The van der Waals surface area contributed by atoms with Crippen LogP contribution in [0.25, 0.3) is 10.9 Å². The van der Waals surface area contributed by atoms with Crippen LogP contribution in [0.5, 0.6) is 5.75 Å². The molecule has 8 heteroatoms. The van der Waals surface area contributed by atoms with Crippen LogP contribution < -0.4 is 15.6 Å². The number of nitrogens with zero attached hydrogens (tertiary/aromatic N) is 2. The summed E-state index contributed by atoms with van der Waals surface area (Å²) < 4.78 is 12.9. The lowest BCUT2D eigenvalue weighted by atomic mass is 10.2. The molecule has 0 bridgehead atoms. The molecule has 0 saturated carbocycles. The molecule has 0 saturated heterocycles. The number of fused-ring (bicyclic) bond motifs is 1. The number of carbonyl (C=O) groups is 1. The van der Waals surface area contributed by atoms with Crippen molar-refractivity contribution in [2.75, 3.05) is 18.5 Å². The van der Waals surface area contributed by atoms with Gasteiger partial charge in [-0.1, -0.05) is 36.0 Å². The molecule has 1 aromatic heterocycles. The van der Waals surface area contributed by atoms with Gasteiger partial charge in [0.25, 0.3) is 5.56 Å². The van der Waals surface area contributed by atoms with E-state index in [0.717, 1.165) is 0 Å². The normalized spacial score (nSPS) is 12.2. The van der Waals surface area contributed by atoms with E-state index in [9.17, 15) is 9.59 Å². The minimum atomic E-state index is -0.481. The summed E-state index contributed by atoms with van der Waals surface area (Å²) in [5, 5.41) is 3.53. The molecular formula is C25H31N3O4S. The third kappa shape index (κ3) is 6.58. The van der Waals surface area contributed by atoms with Crippen LogP contribution in [0.15, 0.2) is 58.5 Å². The van der Waals surface area contributed by atoms with Gasteiger partial charge in [0, 0.05) is 13.2 Å². The summed E-state index contributed by atoms with van der Waals surface area (Å²) in [6.07, 6.45) is 0.808. The first-order valence-corrected chi connectivity index (χ1v) is 12.1. The van der Waals surface area contributed by atoms with Gasteiger partial charge in [0.15, 0.2) is 5.16 Å². The maximum absolute atomic E-state index is 13.2. The standard InChI is InChI=1S/C25H31N3O4S/c1-5-31-22-14-9-8-13-21(22)26-23(29)18(4)33-25-27-20-12-7-6-11-19(20)24(30)28(25)15-10-16-32-17(2)3/h6-9,11-14,17-18H,5,10,15-16H2,1-4H3,(H,26,29). The van der Waals surface area contributed by atoms with Gasteiger partial charge in [-0.15, -0.1) is 0 Å². The van der Waals surface area contributed by atoms with Crippen molar-refractivity contribution in [2.45, 2.75) is 57.2 Å². The van der Waals surface area contributed by atoms with Gasteiger partial charge < -0.3 is 14.8 Å². The maximum atomic E-state index is 13.2. The Bertz CT molecular complexity index is 1150. The molecule has 2 aromatic carbocycles. The Morgan fingerprint density at radius 2 is 1.85 bits per heavy atom. The van der Waals surface area contributed by atoms with Gasteiger partial charge in [-0.05, 0) is 58.4 Å². The number of amides is 1. The Kier molecular flexibility index (Phi) is 8.91. The third-order valence-electron chi connectivity index (χ3n) is 4.90. The highest BCUT2D eigenvalue weighted by Gasteiger charge is 2.20. The van der Waals surface area contributed by atoms with Gasteiger partial charge in [-0.2, -0.15) is 0 Å². The second kappa shape index (κ2) is 11.9. The predicted molar refractivity (Wildman–Crippen MR) is 133 cm³/mol. The lowest BCUT2D eigenvalue weighted by Gasteiger charge is -2.17. The molecule has 176 valence electrons. The Morgan fingerprint density at radius 1 is 1.12 bits per heavy atom. The zero-order valence-electron chi connectivity index (χ0n) is 19.5. The first-order valence-electron chi connectivity index (χ1n) is 11.2. The molecule has 0 aliphatic rings. The summed E-state index contributed by atoms with van der Waals surface area (Å²) >= 11 is 1.27. The van der Waals surface area contributed by atoms with Crippen LogP contribution in [0.1, 0.15) is 34.1 Å². The van der Waals surface area contributed by atoms with Crippen molar-refractivity contribution < 1.29 is 14.3 Å². The fraction of sp³-hybridized carbons (Fsp3) is 0.400. The molecule has 0 fully saturated rings. The molecule has 1 atom stereocenters. The van der Waals surface area contributed by atoms with Crippen LogP contribution in [-0.4, -0.2) is 40.0 Å². The van der Waals surface area contributed by atoms with Crippen LogP contribution in [-0.2, 0) is 16.1 Å². The molecule has 33 heavy (non-hydrogen) atoms. The van der Waals surface area contributed by atoms with Crippen molar-refractivity contribution in [2.24, 2.45) is 0 Å². The van der Waals surface area contributed by atoms with E-state index in [-0.39, 0.29) is 17.6 Å². The van der Waals surface area contributed by atoms with Gasteiger partial charge in [0.2, 0.25) is 5.91 Å². The molecule has 1 unspecified atom stereocenters. The van der Waals surface area contributed by atoms with E-state index >= 15 is 0 Å². The first-order chi connectivity index (χ1) is 15.9. The molecule has 7 nitrogen and oxygen atoms in total. The number of carbonyl (C=O) groups excluding carboxylic acids is 1. The van der Waals surface area contributed by atoms with Crippen molar-refractivity contribution in [3.05, 3.63) is 58.9 Å². The van der Waals surface area contributed by atoms with Crippen LogP contribution in [0.4, 0.5) is 5.69 Å². The highest BCUT2D eigenvalue weighted by molar-refractivity contribution is 8.00. The molecule has 1 amide bonds. The Hall–Kier alpha value is -2.84. The van der Waals surface area contributed by atoms with E-state index in [1.54, 1.807) is 23.6 Å². The number of anilines is 1. The Morgan fingerprint density at radius 3 is 2.61 bits per heavy atom. The van der Waals surface area contributed by atoms with Crippen LogP contribution in [0.3, 0.4) is 0 Å². The molecular weight excluding hydrogens is 438 g/mol. The summed E-state index contributed by atoms with van der Waals surface area (Å²) in [4.78, 5) is 30.8. The van der Waals surface area contributed by atoms with Gasteiger partial charge in [0.1, 0.15) is 5.75 Å². The average Bonchev–Trinajstić information content (AvgIpc) is 2.79. The lowest BCUT2D eigenvalue weighted by molar-refractivity contribution is -0.115. The van der Waals surface area contributed by atoms with Crippen LogP contribution in [0.2, 0.25) is 0 Å². The van der Waals surface area contributed by atoms with Crippen LogP contribution >= 0.6 is 11.8 Å². The highest BCUT2D eigenvalue weighted by Crippen LogP contribution is 2.27. The first kappa shape index (κ1) is 24.8. The summed E-state index contributed by atoms with van der Waals surface area (Å²) in [6.45, 7) is 9.18. The van der Waals surface area contributed by atoms with E-state index in [0.29, 0.717) is 53.7 Å². The second-order valence-electron chi connectivity index (χ2n) is 7.82. The van der Waals surface area contributed by atoms with Gasteiger partial charge in [-0.25, -0.2) is 4.98 Å². The van der Waals surface area contributed by atoms with Gasteiger partial charge >= 0.3 is 0 Å². The van der Waals surface area contributed by atoms with E-state index in [1.807, 2.05) is 57.2 Å². The van der Waals surface area contributed by atoms with E-state index < -0.39 is 5.25 Å².